The van der Waals surface area contributed by atoms with Crippen LogP contribution in [0.15, 0.2) is 42.6 Å². The molecule has 1 aliphatic rings. The molecule has 1 aromatic heterocycles. The maximum absolute atomic E-state index is 12.7. The highest BCUT2D eigenvalue weighted by molar-refractivity contribution is 5.89. The lowest BCUT2D eigenvalue weighted by Crippen LogP contribution is -2.35. The summed E-state index contributed by atoms with van der Waals surface area (Å²) >= 11 is 0. The van der Waals surface area contributed by atoms with Crippen LogP contribution in [0.2, 0.25) is 0 Å². The van der Waals surface area contributed by atoms with Gasteiger partial charge in [-0.05, 0) is 37.5 Å². The maximum atomic E-state index is 12.7. The van der Waals surface area contributed by atoms with E-state index in [0.717, 1.165) is 30.9 Å². The Balaban J connectivity index is 1.64. The normalized spacial score (nSPS) is 13.7. The fraction of sp³-hybridized carbons (Fsp3) is 0.400. The SMILES string of the molecule is CCCN(Cc1ccccc1O)C(=O)Nc1ccc(N2CCCC2)nc1. The summed E-state index contributed by atoms with van der Waals surface area (Å²) < 4.78 is 0. The number of amides is 2. The van der Waals surface area contributed by atoms with Crippen molar-refractivity contribution in [1.29, 1.82) is 0 Å². The van der Waals surface area contributed by atoms with Crippen LogP contribution in [0.3, 0.4) is 0 Å². The number of urea groups is 1. The number of phenols is 1. The third-order valence-electron chi connectivity index (χ3n) is 4.56. The standard InChI is InChI=1S/C20H26N4O2/c1-2-11-24(15-16-7-3-4-8-18(16)25)20(26)22-17-9-10-19(21-14-17)23-12-5-6-13-23/h3-4,7-10,14,25H,2,5-6,11-13,15H2,1H3,(H,22,26). The Hall–Kier alpha value is -2.76. The van der Waals surface area contributed by atoms with Crippen molar-refractivity contribution < 1.29 is 9.90 Å². The van der Waals surface area contributed by atoms with Gasteiger partial charge >= 0.3 is 6.03 Å². The number of aromatic nitrogens is 1. The minimum atomic E-state index is -0.189. The number of para-hydroxylation sites is 1. The van der Waals surface area contributed by atoms with Gasteiger partial charge in [0.25, 0.3) is 0 Å². The van der Waals surface area contributed by atoms with Gasteiger partial charge in [0.05, 0.1) is 18.4 Å². The summed E-state index contributed by atoms with van der Waals surface area (Å²) in [5.74, 6) is 1.16. The van der Waals surface area contributed by atoms with Gasteiger partial charge in [0.2, 0.25) is 0 Å². The first-order chi connectivity index (χ1) is 12.7. The molecule has 0 bridgehead atoms. The quantitative estimate of drug-likeness (QED) is 0.827. The van der Waals surface area contributed by atoms with Crippen LogP contribution in [0.4, 0.5) is 16.3 Å². The lowest BCUT2D eigenvalue weighted by atomic mass is 10.2. The molecule has 138 valence electrons. The molecular weight excluding hydrogens is 328 g/mol. The molecule has 0 radical (unpaired) electrons. The van der Waals surface area contributed by atoms with E-state index in [1.54, 1.807) is 23.2 Å². The fourth-order valence-corrected chi connectivity index (χ4v) is 3.17. The van der Waals surface area contributed by atoms with Gasteiger partial charge in [0.1, 0.15) is 11.6 Å². The van der Waals surface area contributed by atoms with Gasteiger partial charge in [0, 0.05) is 25.2 Å². The van der Waals surface area contributed by atoms with Crippen molar-refractivity contribution in [2.75, 3.05) is 29.9 Å². The Morgan fingerprint density at radius 1 is 1.23 bits per heavy atom. The van der Waals surface area contributed by atoms with Crippen LogP contribution in [-0.4, -0.2) is 40.7 Å². The summed E-state index contributed by atoms with van der Waals surface area (Å²) in [4.78, 5) is 21.1. The zero-order chi connectivity index (χ0) is 18.4. The van der Waals surface area contributed by atoms with E-state index < -0.39 is 0 Å². The highest BCUT2D eigenvalue weighted by Gasteiger charge is 2.16. The molecular formula is C20H26N4O2. The van der Waals surface area contributed by atoms with Crippen molar-refractivity contribution in [3.8, 4) is 5.75 Å². The minimum absolute atomic E-state index is 0.189. The van der Waals surface area contributed by atoms with Crippen LogP contribution in [0, 0.1) is 0 Å². The molecule has 1 saturated heterocycles. The Labute approximate surface area is 154 Å². The number of aromatic hydroxyl groups is 1. The second-order valence-corrected chi connectivity index (χ2v) is 6.58. The Morgan fingerprint density at radius 2 is 2.00 bits per heavy atom. The predicted octanol–water partition coefficient (Wildman–Crippen LogP) is 3.83. The van der Waals surface area contributed by atoms with Gasteiger partial charge in [-0.3, -0.25) is 0 Å². The number of rotatable bonds is 6. The van der Waals surface area contributed by atoms with Crippen molar-refractivity contribution in [3.05, 3.63) is 48.2 Å². The highest BCUT2D eigenvalue weighted by Crippen LogP contribution is 2.21. The van der Waals surface area contributed by atoms with Crippen molar-refractivity contribution >= 4 is 17.5 Å². The number of phenolic OH excluding ortho intramolecular Hbond substituents is 1. The van der Waals surface area contributed by atoms with E-state index in [4.69, 9.17) is 0 Å². The van der Waals surface area contributed by atoms with Crippen LogP contribution in [0.1, 0.15) is 31.7 Å². The summed E-state index contributed by atoms with van der Waals surface area (Å²) in [6.45, 7) is 5.09. The summed E-state index contributed by atoms with van der Waals surface area (Å²) in [6, 6.07) is 10.8. The van der Waals surface area contributed by atoms with E-state index >= 15 is 0 Å². The lowest BCUT2D eigenvalue weighted by molar-refractivity contribution is 0.208. The summed E-state index contributed by atoms with van der Waals surface area (Å²) in [7, 11) is 0. The van der Waals surface area contributed by atoms with E-state index in [2.05, 4.69) is 15.2 Å². The number of benzene rings is 1. The summed E-state index contributed by atoms with van der Waals surface area (Å²) in [5.41, 5.74) is 1.41. The molecule has 3 rings (SSSR count). The monoisotopic (exact) mass is 354 g/mol. The second kappa shape index (κ2) is 8.56. The molecule has 6 nitrogen and oxygen atoms in total. The third kappa shape index (κ3) is 4.45. The number of carbonyl (C=O) groups excluding carboxylic acids is 1. The number of hydrogen-bond donors (Lipinski definition) is 2. The first kappa shape index (κ1) is 18.0. The first-order valence-electron chi connectivity index (χ1n) is 9.21. The zero-order valence-corrected chi connectivity index (χ0v) is 15.2. The number of hydrogen-bond acceptors (Lipinski definition) is 4. The smallest absolute Gasteiger partial charge is 0.322 e. The third-order valence-corrected chi connectivity index (χ3v) is 4.56. The van der Waals surface area contributed by atoms with Gasteiger partial charge in [-0.2, -0.15) is 0 Å². The van der Waals surface area contributed by atoms with Gasteiger partial charge in [-0.15, -0.1) is 0 Å². The molecule has 0 atom stereocenters. The first-order valence-corrected chi connectivity index (χ1v) is 9.21. The van der Waals surface area contributed by atoms with Gasteiger partial charge < -0.3 is 20.2 Å². The summed E-state index contributed by atoms with van der Waals surface area (Å²) in [5, 5.41) is 12.9. The molecule has 1 aliphatic heterocycles. The van der Waals surface area contributed by atoms with E-state index in [0.29, 0.717) is 18.8 Å². The van der Waals surface area contributed by atoms with Crippen LogP contribution >= 0.6 is 0 Å². The summed E-state index contributed by atoms with van der Waals surface area (Å²) in [6.07, 6.45) is 4.96. The molecule has 2 heterocycles. The maximum Gasteiger partial charge on any atom is 0.322 e. The van der Waals surface area contributed by atoms with Crippen molar-refractivity contribution in [2.45, 2.75) is 32.7 Å². The molecule has 1 fully saturated rings. The van der Waals surface area contributed by atoms with Gasteiger partial charge in [0.15, 0.2) is 0 Å². The molecule has 2 N–H and O–H groups in total. The number of carbonyl (C=O) groups is 1. The number of pyridine rings is 1. The zero-order valence-electron chi connectivity index (χ0n) is 15.2. The van der Waals surface area contributed by atoms with Crippen LogP contribution in [-0.2, 0) is 6.54 Å². The molecule has 0 saturated carbocycles. The molecule has 2 aromatic rings. The van der Waals surface area contributed by atoms with E-state index in [1.807, 2.05) is 31.2 Å². The molecule has 0 aliphatic carbocycles. The fourth-order valence-electron chi connectivity index (χ4n) is 3.17. The second-order valence-electron chi connectivity index (χ2n) is 6.58. The van der Waals surface area contributed by atoms with E-state index in [-0.39, 0.29) is 11.8 Å². The number of nitrogens with zero attached hydrogens (tertiary/aromatic N) is 3. The minimum Gasteiger partial charge on any atom is -0.508 e. The Morgan fingerprint density at radius 3 is 2.65 bits per heavy atom. The largest absolute Gasteiger partial charge is 0.508 e. The molecule has 6 heteroatoms. The molecule has 26 heavy (non-hydrogen) atoms. The number of nitrogens with one attached hydrogen (secondary N) is 1. The molecule has 1 aromatic carbocycles. The topological polar surface area (TPSA) is 68.7 Å². The Bertz CT molecular complexity index is 727. The molecule has 2 amide bonds. The molecule has 0 unspecified atom stereocenters. The number of anilines is 2. The van der Waals surface area contributed by atoms with Gasteiger partial charge in [-0.1, -0.05) is 25.1 Å². The highest BCUT2D eigenvalue weighted by atomic mass is 16.3. The van der Waals surface area contributed by atoms with Crippen molar-refractivity contribution in [1.82, 2.24) is 9.88 Å². The lowest BCUT2D eigenvalue weighted by Gasteiger charge is -2.23. The Kier molecular flexibility index (Phi) is 5.94. The van der Waals surface area contributed by atoms with Crippen LogP contribution in [0.5, 0.6) is 5.75 Å². The molecule has 0 spiro atoms. The van der Waals surface area contributed by atoms with Crippen LogP contribution < -0.4 is 10.2 Å². The predicted molar refractivity (Wildman–Crippen MR) is 104 cm³/mol. The van der Waals surface area contributed by atoms with E-state index in [9.17, 15) is 9.90 Å². The average molecular weight is 354 g/mol. The van der Waals surface area contributed by atoms with Gasteiger partial charge in [-0.25, -0.2) is 9.78 Å². The van der Waals surface area contributed by atoms with Crippen molar-refractivity contribution in [2.24, 2.45) is 0 Å². The van der Waals surface area contributed by atoms with E-state index in [1.165, 1.54) is 12.8 Å². The van der Waals surface area contributed by atoms with Crippen LogP contribution in [0.25, 0.3) is 0 Å². The average Bonchev–Trinajstić information content (AvgIpc) is 3.18. The van der Waals surface area contributed by atoms with Crippen molar-refractivity contribution in [3.63, 3.8) is 0 Å².